The van der Waals surface area contributed by atoms with E-state index in [0.29, 0.717) is 11.7 Å². The van der Waals surface area contributed by atoms with Gasteiger partial charge in [-0.05, 0) is 18.2 Å². The Bertz CT molecular complexity index is 441. The average Bonchev–Trinajstić information content (AvgIpc) is 2.54. The van der Waals surface area contributed by atoms with Crippen molar-refractivity contribution >= 4 is 32.4 Å². The lowest BCUT2D eigenvalue weighted by atomic mass is 10.3. The van der Waals surface area contributed by atoms with E-state index in [1.165, 1.54) is 11.3 Å². The molecule has 14 heavy (non-hydrogen) atoms. The summed E-state index contributed by atoms with van der Waals surface area (Å²) >= 11 is 1.46. The molecule has 4 nitrogen and oxygen atoms in total. The molecular weight excluding hydrogens is 198 g/mol. The number of thiazole rings is 1. The van der Waals surface area contributed by atoms with Crippen LogP contribution < -0.4 is 11.1 Å². The van der Waals surface area contributed by atoms with Gasteiger partial charge in [-0.2, -0.15) is 0 Å². The van der Waals surface area contributed by atoms with E-state index >= 15 is 0 Å². The maximum atomic E-state index is 8.65. The van der Waals surface area contributed by atoms with Crippen molar-refractivity contribution in [2.24, 2.45) is 0 Å². The fraction of sp³-hybridized carbons (Fsp3) is 0.222. The minimum Gasteiger partial charge on any atom is -0.395 e. The Kier molecular flexibility index (Phi) is 2.51. The monoisotopic (exact) mass is 209 g/mol. The highest BCUT2D eigenvalue weighted by atomic mass is 32.1. The van der Waals surface area contributed by atoms with E-state index in [-0.39, 0.29) is 6.61 Å². The Balaban J connectivity index is 2.31. The van der Waals surface area contributed by atoms with Crippen LogP contribution in [0.3, 0.4) is 0 Å². The summed E-state index contributed by atoms with van der Waals surface area (Å²) in [5.74, 6) is 0. The normalized spacial score (nSPS) is 10.6. The third kappa shape index (κ3) is 1.78. The molecule has 0 atom stereocenters. The van der Waals surface area contributed by atoms with Crippen molar-refractivity contribution in [1.82, 2.24) is 4.98 Å². The Morgan fingerprint density at radius 2 is 2.36 bits per heavy atom. The van der Waals surface area contributed by atoms with Crippen molar-refractivity contribution in [3.63, 3.8) is 0 Å². The van der Waals surface area contributed by atoms with Gasteiger partial charge in [0.25, 0.3) is 0 Å². The van der Waals surface area contributed by atoms with E-state index in [1.54, 1.807) is 0 Å². The molecule has 0 aliphatic heterocycles. The molecule has 1 aromatic heterocycles. The number of benzene rings is 1. The van der Waals surface area contributed by atoms with Crippen LogP contribution in [0.15, 0.2) is 18.2 Å². The number of rotatable bonds is 3. The lowest BCUT2D eigenvalue weighted by molar-refractivity contribution is 0.311. The Hall–Kier alpha value is -1.33. The second kappa shape index (κ2) is 3.81. The van der Waals surface area contributed by atoms with E-state index in [1.807, 2.05) is 18.2 Å². The van der Waals surface area contributed by atoms with Crippen LogP contribution in [0.2, 0.25) is 0 Å². The van der Waals surface area contributed by atoms with Gasteiger partial charge in [0.1, 0.15) is 0 Å². The molecule has 0 radical (unpaired) electrons. The molecule has 0 amide bonds. The first-order chi connectivity index (χ1) is 6.79. The van der Waals surface area contributed by atoms with Gasteiger partial charge in [-0.1, -0.05) is 11.3 Å². The highest BCUT2D eigenvalue weighted by Gasteiger charge is 2.01. The number of fused-ring (bicyclic) bond motifs is 1. The molecule has 2 aromatic rings. The van der Waals surface area contributed by atoms with Gasteiger partial charge in [-0.25, -0.2) is 4.98 Å². The molecule has 2 rings (SSSR count). The lowest BCUT2D eigenvalue weighted by Crippen LogP contribution is -2.04. The summed E-state index contributed by atoms with van der Waals surface area (Å²) < 4.78 is 1.06. The summed E-state index contributed by atoms with van der Waals surface area (Å²) in [4.78, 5) is 4.15. The number of anilines is 2. The number of hydrogen-bond donors (Lipinski definition) is 3. The molecule has 4 N–H and O–H groups in total. The number of aliphatic hydroxyl groups is 1. The maximum Gasteiger partial charge on any atom is 0.181 e. The summed E-state index contributed by atoms with van der Waals surface area (Å²) in [6, 6.07) is 5.83. The molecule has 0 aliphatic rings. The number of hydrogen-bond acceptors (Lipinski definition) is 5. The summed E-state index contributed by atoms with van der Waals surface area (Å²) in [7, 11) is 0. The van der Waals surface area contributed by atoms with Crippen LogP contribution >= 0.6 is 11.3 Å². The molecule has 1 aromatic carbocycles. The van der Waals surface area contributed by atoms with Crippen molar-refractivity contribution in [3.05, 3.63) is 18.2 Å². The van der Waals surface area contributed by atoms with Gasteiger partial charge in [-0.15, -0.1) is 0 Å². The zero-order valence-electron chi connectivity index (χ0n) is 7.53. The Morgan fingerprint density at radius 1 is 1.50 bits per heavy atom. The number of aliphatic hydroxyl groups excluding tert-OH is 1. The van der Waals surface area contributed by atoms with Gasteiger partial charge in [0, 0.05) is 12.2 Å². The van der Waals surface area contributed by atoms with Gasteiger partial charge in [0.15, 0.2) is 5.13 Å². The molecule has 0 spiro atoms. The van der Waals surface area contributed by atoms with Crippen LogP contribution in [0.5, 0.6) is 0 Å². The van der Waals surface area contributed by atoms with Crippen molar-refractivity contribution in [3.8, 4) is 0 Å². The van der Waals surface area contributed by atoms with Crippen LogP contribution in [0.25, 0.3) is 10.2 Å². The van der Waals surface area contributed by atoms with Crippen LogP contribution in [0.4, 0.5) is 10.8 Å². The fourth-order valence-corrected chi connectivity index (χ4v) is 2.03. The topological polar surface area (TPSA) is 71.2 Å². The highest BCUT2D eigenvalue weighted by Crippen LogP contribution is 2.26. The van der Waals surface area contributed by atoms with Crippen LogP contribution in [0.1, 0.15) is 0 Å². The fourth-order valence-electron chi connectivity index (χ4n) is 1.25. The number of nitrogen functional groups attached to an aromatic ring is 1. The number of nitrogens with zero attached hydrogens (tertiary/aromatic N) is 1. The standard InChI is InChI=1S/C9H11N3OS/c10-9-12-7-2-1-6(11-3-4-13)5-8(7)14-9/h1-2,5,11,13H,3-4H2,(H2,10,12). The SMILES string of the molecule is Nc1nc2ccc(NCCO)cc2s1. The number of nitrogens with two attached hydrogens (primary N) is 1. The van der Waals surface area contributed by atoms with Crippen molar-refractivity contribution < 1.29 is 5.11 Å². The van der Waals surface area contributed by atoms with Crippen molar-refractivity contribution in [2.45, 2.75) is 0 Å². The summed E-state index contributed by atoms with van der Waals surface area (Å²) in [6.45, 7) is 0.683. The molecule has 74 valence electrons. The summed E-state index contributed by atoms with van der Waals surface area (Å²) in [5.41, 5.74) is 7.49. The van der Waals surface area contributed by atoms with Crippen LogP contribution in [-0.2, 0) is 0 Å². The second-order valence-electron chi connectivity index (χ2n) is 2.88. The number of nitrogens with one attached hydrogen (secondary N) is 1. The molecule has 0 saturated carbocycles. The molecule has 0 saturated heterocycles. The first-order valence-corrected chi connectivity index (χ1v) is 5.12. The minimum atomic E-state index is 0.128. The first kappa shape index (κ1) is 9.23. The van der Waals surface area contributed by atoms with E-state index in [0.717, 1.165) is 15.9 Å². The Labute approximate surface area is 85.4 Å². The zero-order chi connectivity index (χ0) is 9.97. The molecule has 0 aliphatic carbocycles. The van der Waals surface area contributed by atoms with Crippen LogP contribution in [0, 0.1) is 0 Å². The van der Waals surface area contributed by atoms with Crippen LogP contribution in [-0.4, -0.2) is 23.2 Å². The van der Waals surface area contributed by atoms with E-state index in [4.69, 9.17) is 10.8 Å². The quantitative estimate of drug-likeness (QED) is 0.712. The zero-order valence-corrected chi connectivity index (χ0v) is 8.34. The molecular formula is C9H11N3OS. The predicted molar refractivity (Wildman–Crippen MR) is 59.6 cm³/mol. The van der Waals surface area contributed by atoms with E-state index in [9.17, 15) is 0 Å². The largest absolute Gasteiger partial charge is 0.395 e. The van der Waals surface area contributed by atoms with Gasteiger partial charge in [0.05, 0.1) is 16.8 Å². The number of aromatic nitrogens is 1. The van der Waals surface area contributed by atoms with Gasteiger partial charge >= 0.3 is 0 Å². The first-order valence-electron chi connectivity index (χ1n) is 4.30. The second-order valence-corrected chi connectivity index (χ2v) is 3.95. The average molecular weight is 209 g/mol. The van der Waals surface area contributed by atoms with Gasteiger partial charge in [-0.3, -0.25) is 0 Å². The Morgan fingerprint density at radius 3 is 3.14 bits per heavy atom. The molecule has 5 heteroatoms. The smallest absolute Gasteiger partial charge is 0.181 e. The highest BCUT2D eigenvalue weighted by molar-refractivity contribution is 7.22. The third-order valence-corrected chi connectivity index (χ3v) is 2.69. The van der Waals surface area contributed by atoms with E-state index in [2.05, 4.69) is 10.3 Å². The summed E-state index contributed by atoms with van der Waals surface area (Å²) in [5, 5.41) is 12.3. The molecule has 0 bridgehead atoms. The maximum absolute atomic E-state index is 8.65. The summed E-state index contributed by atoms with van der Waals surface area (Å²) in [6.07, 6.45) is 0. The van der Waals surface area contributed by atoms with Crippen molar-refractivity contribution in [2.75, 3.05) is 24.2 Å². The van der Waals surface area contributed by atoms with Crippen molar-refractivity contribution in [1.29, 1.82) is 0 Å². The predicted octanol–water partition coefficient (Wildman–Crippen LogP) is 1.28. The molecule has 0 fully saturated rings. The van der Waals surface area contributed by atoms with E-state index < -0.39 is 0 Å². The third-order valence-electron chi connectivity index (χ3n) is 1.85. The minimum absolute atomic E-state index is 0.128. The van der Waals surface area contributed by atoms with Gasteiger partial charge in [0.2, 0.25) is 0 Å². The molecule has 0 unspecified atom stereocenters. The lowest BCUT2D eigenvalue weighted by Gasteiger charge is -2.02. The molecule has 1 heterocycles. The van der Waals surface area contributed by atoms with Gasteiger partial charge < -0.3 is 16.2 Å².